The number of amides is 2. The zero-order valence-electron chi connectivity index (χ0n) is 17.9. The Kier molecular flexibility index (Phi) is 6.08. The first kappa shape index (κ1) is 21.1. The number of nitrogens with zero attached hydrogens (tertiary/aromatic N) is 4. The van der Waals surface area contributed by atoms with Crippen molar-refractivity contribution in [2.45, 2.75) is 13.5 Å². The summed E-state index contributed by atoms with van der Waals surface area (Å²) in [6, 6.07) is 11.3. The molecule has 0 saturated carbocycles. The van der Waals surface area contributed by atoms with Gasteiger partial charge in [0, 0.05) is 38.8 Å². The van der Waals surface area contributed by atoms with Crippen molar-refractivity contribution < 1.29 is 14.3 Å². The van der Waals surface area contributed by atoms with Crippen LogP contribution in [0.5, 0.6) is 11.5 Å². The molecule has 0 atom stereocenters. The lowest BCUT2D eigenvalue weighted by atomic mass is 10.2. The predicted octanol–water partition coefficient (Wildman–Crippen LogP) is 4.08. The van der Waals surface area contributed by atoms with Crippen molar-refractivity contribution in [3.05, 3.63) is 41.4 Å². The van der Waals surface area contributed by atoms with Crippen LogP contribution in [0.3, 0.4) is 0 Å². The normalized spacial score (nSPS) is 14.1. The molecule has 1 aliphatic heterocycles. The molecule has 1 aromatic heterocycles. The molecule has 1 aliphatic rings. The molecule has 31 heavy (non-hydrogen) atoms. The van der Waals surface area contributed by atoms with Crippen molar-refractivity contribution in [1.82, 2.24) is 14.5 Å². The first-order valence-corrected chi connectivity index (χ1v) is 10.6. The Morgan fingerprint density at radius 1 is 1.10 bits per heavy atom. The van der Waals surface area contributed by atoms with Gasteiger partial charge >= 0.3 is 6.03 Å². The summed E-state index contributed by atoms with van der Waals surface area (Å²) < 4.78 is 12.8. The molecule has 1 fully saturated rings. The minimum Gasteiger partial charge on any atom is -0.495 e. The fourth-order valence-corrected chi connectivity index (χ4v) is 4.12. The highest BCUT2D eigenvalue weighted by atomic mass is 35.5. The molecule has 4 rings (SSSR count). The Morgan fingerprint density at radius 3 is 2.48 bits per heavy atom. The van der Waals surface area contributed by atoms with Crippen LogP contribution in [0.2, 0.25) is 5.02 Å². The number of aryl methyl sites for hydroxylation is 1. The summed E-state index contributed by atoms with van der Waals surface area (Å²) in [6.07, 6.45) is 0. The third-order valence-electron chi connectivity index (χ3n) is 5.52. The zero-order valence-corrected chi connectivity index (χ0v) is 18.6. The molecule has 9 heteroatoms. The lowest BCUT2D eigenvalue weighted by Crippen LogP contribution is -2.50. The van der Waals surface area contributed by atoms with E-state index in [0.717, 1.165) is 23.5 Å². The molecule has 2 amide bonds. The second-order valence-electron chi connectivity index (χ2n) is 7.24. The van der Waals surface area contributed by atoms with Gasteiger partial charge in [0.15, 0.2) is 0 Å². The first-order chi connectivity index (χ1) is 15.0. The lowest BCUT2D eigenvalue weighted by molar-refractivity contribution is 0.207. The number of para-hydroxylation sites is 2. The van der Waals surface area contributed by atoms with E-state index >= 15 is 0 Å². The number of carbonyl (C=O) groups is 1. The van der Waals surface area contributed by atoms with Gasteiger partial charge in [-0.25, -0.2) is 9.78 Å². The SMILES string of the molecule is CCn1c(N2CCN(C(=O)Nc3cc(Cl)c(OC)cc3OC)CC2)nc2ccccc21. The van der Waals surface area contributed by atoms with Gasteiger partial charge in [0.2, 0.25) is 5.95 Å². The van der Waals surface area contributed by atoms with E-state index in [2.05, 4.69) is 27.8 Å². The maximum absolute atomic E-state index is 12.9. The molecule has 2 heterocycles. The fraction of sp³-hybridized carbons (Fsp3) is 0.364. The van der Waals surface area contributed by atoms with Crippen LogP contribution in [0.15, 0.2) is 36.4 Å². The maximum atomic E-state index is 12.9. The van der Waals surface area contributed by atoms with Gasteiger partial charge in [-0.3, -0.25) is 0 Å². The quantitative estimate of drug-likeness (QED) is 0.643. The van der Waals surface area contributed by atoms with E-state index < -0.39 is 0 Å². The molecular formula is C22H26ClN5O3. The van der Waals surface area contributed by atoms with Crippen LogP contribution in [-0.4, -0.2) is 60.9 Å². The molecule has 8 nitrogen and oxygen atoms in total. The highest BCUT2D eigenvalue weighted by Crippen LogP contribution is 2.36. The van der Waals surface area contributed by atoms with Crippen molar-refractivity contribution in [3.8, 4) is 11.5 Å². The Morgan fingerprint density at radius 2 is 1.81 bits per heavy atom. The van der Waals surface area contributed by atoms with Gasteiger partial charge in [-0.15, -0.1) is 0 Å². The van der Waals surface area contributed by atoms with Crippen LogP contribution < -0.4 is 19.7 Å². The van der Waals surface area contributed by atoms with Gasteiger partial charge < -0.3 is 29.2 Å². The number of nitrogens with one attached hydrogen (secondary N) is 1. The molecule has 1 saturated heterocycles. The van der Waals surface area contributed by atoms with Crippen LogP contribution in [0, 0.1) is 0 Å². The minimum atomic E-state index is -0.192. The van der Waals surface area contributed by atoms with Gasteiger partial charge in [-0.1, -0.05) is 23.7 Å². The summed E-state index contributed by atoms with van der Waals surface area (Å²) in [6.45, 7) is 5.55. The topological polar surface area (TPSA) is 71.9 Å². The fourth-order valence-electron chi connectivity index (χ4n) is 3.88. The highest BCUT2D eigenvalue weighted by Gasteiger charge is 2.25. The van der Waals surface area contributed by atoms with Crippen LogP contribution in [0.4, 0.5) is 16.4 Å². The van der Waals surface area contributed by atoms with Crippen molar-refractivity contribution in [1.29, 1.82) is 0 Å². The van der Waals surface area contributed by atoms with E-state index in [1.54, 1.807) is 17.0 Å². The van der Waals surface area contributed by atoms with E-state index in [0.29, 0.717) is 48.4 Å². The number of aromatic nitrogens is 2. The molecule has 3 aromatic rings. The zero-order chi connectivity index (χ0) is 22.0. The summed E-state index contributed by atoms with van der Waals surface area (Å²) in [4.78, 5) is 21.7. The van der Waals surface area contributed by atoms with Crippen molar-refractivity contribution in [2.75, 3.05) is 50.6 Å². The number of anilines is 2. The molecule has 2 aromatic carbocycles. The lowest BCUT2D eigenvalue weighted by Gasteiger charge is -2.35. The number of fused-ring (bicyclic) bond motifs is 1. The van der Waals surface area contributed by atoms with Gasteiger partial charge in [0.25, 0.3) is 0 Å². The second-order valence-corrected chi connectivity index (χ2v) is 7.64. The van der Waals surface area contributed by atoms with E-state index in [-0.39, 0.29) is 6.03 Å². The van der Waals surface area contributed by atoms with Gasteiger partial charge in [0.05, 0.1) is 36.0 Å². The smallest absolute Gasteiger partial charge is 0.322 e. The third-order valence-corrected chi connectivity index (χ3v) is 5.81. The number of imidazole rings is 1. The van der Waals surface area contributed by atoms with E-state index in [1.165, 1.54) is 14.2 Å². The molecular weight excluding hydrogens is 418 g/mol. The maximum Gasteiger partial charge on any atom is 0.322 e. The van der Waals surface area contributed by atoms with E-state index in [1.807, 2.05) is 18.2 Å². The average molecular weight is 444 g/mol. The number of ether oxygens (including phenoxy) is 2. The number of carbonyl (C=O) groups excluding carboxylic acids is 1. The van der Waals surface area contributed by atoms with Crippen molar-refractivity contribution in [3.63, 3.8) is 0 Å². The van der Waals surface area contributed by atoms with Crippen molar-refractivity contribution in [2.24, 2.45) is 0 Å². The third kappa shape index (κ3) is 4.07. The minimum absolute atomic E-state index is 0.192. The molecule has 0 spiro atoms. The average Bonchev–Trinajstić information content (AvgIpc) is 3.18. The van der Waals surface area contributed by atoms with Gasteiger partial charge in [-0.05, 0) is 25.1 Å². The summed E-state index contributed by atoms with van der Waals surface area (Å²) in [5.74, 6) is 1.93. The van der Waals surface area contributed by atoms with Crippen LogP contribution >= 0.6 is 11.6 Å². The summed E-state index contributed by atoms with van der Waals surface area (Å²) >= 11 is 6.22. The number of hydrogen-bond donors (Lipinski definition) is 1. The summed E-state index contributed by atoms with van der Waals surface area (Å²) in [5.41, 5.74) is 2.63. The molecule has 0 bridgehead atoms. The molecule has 1 N–H and O–H groups in total. The molecule has 0 unspecified atom stereocenters. The van der Waals surface area contributed by atoms with Crippen LogP contribution in [-0.2, 0) is 6.54 Å². The number of halogens is 1. The number of hydrogen-bond acceptors (Lipinski definition) is 5. The number of piperazine rings is 1. The first-order valence-electron chi connectivity index (χ1n) is 10.2. The molecule has 0 radical (unpaired) electrons. The Balaban J connectivity index is 1.45. The summed E-state index contributed by atoms with van der Waals surface area (Å²) in [5, 5.41) is 3.31. The van der Waals surface area contributed by atoms with Crippen LogP contribution in [0.25, 0.3) is 11.0 Å². The molecule has 164 valence electrons. The predicted molar refractivity (Wildman–Crippen MR) is 123 cm³/mol. The monoisotopic (exact) mass is 443 g/mol. The number of benzene rings is 2. The Hall–Kier alpha value is -3.13. The Labute approximate surface area is 186 Å². The van der Waals surface area contributed by atoms with Crippen LogP contribution in [0.1, 0.15) is 6.92 Å². The van der Waals surface area contributed by atoms with Gasteiger partial charge in [0.1, 0.15) is 11.5 Å². The van der Waals surface area contributed by atoms with Crippen molar-refractivity contribution >= 4 is 40.3 Å². The van der Waals surface area contributed by atoms with E-state index in [9.17, 15) is 4.79 Å². The number of urea groups is 1. The largest absolute Gasteiger partial charge is 0.495 e. The summed E-state index contributed by atoms with van der Waals surface area (Å²) in [7, 11) is 3.07. The second kappa shape index (κ2) is 8.93. The number of rotatable bonds is 5. The Bertz CT molecular complexity index is 1090. The van der Waals surface area contributed by atoms with E-state index in [4.69, 9.17) is 26.1 Å². The standard InChI is InChI=1S/C22H26ClN5O3/c1-4-28-18-8-6-5-7-16(18)24-21(28)26-9-11-27(12-10-26)22(29)25-17-13-15(23)19(30-2)14-20(17)31-3/h5-8,13-14H,4,9-12H2,1-3H3,(H,25,29). The molecule has 0 aliphatic carbocycles. The highest BCUT2D eigenvalue weighted by molar-refractivity contribution is 6.32. The number of methoxy groups -OCH3 is 2. The van der Waals surface area contributed by atoms with Gasteiger partial charge in [-0.2, -0.15) is 0 Å².